The van der Waals surface area contributed by atoms with Crippen LogP contribution >= 0.6 is 0 Å². The van der Waals surface area contributed by atoms with Crippen molar-refractivity contribution < 1.29 is 4.42 Å². The van der Waals surface area contributed by atoms with Gasteiger partial charge < -0.3 is 14.6 Å². The molecule has 0 aliphatic carbocycles. The maximum absolute atomic E-state index is 5.34. The van der Waals surface area contributed by atoms with E-state index in [-0.39, 0.29) is 0 Å². The third kappa shape index (κ3) is 2.78. The highest BCUT2D eigenvalue weighted by Crippen LogP contribution is 2.12. The van der Waals surface area contributed by atoms with E-state index in [4.69, 9.17) is 4.42 Å². The second-order valence-corrected chi connectivity index (χ2v) is 4.77. The first-order valence-corrected chi connectivity index (χ1v) is 6.71. The van der Waals surface area contributed by atoms with Crippen LogP contribution in [0.2, 0.25) is 0 Å². The maximum atomic E-state index is 5.34. The van der Waals surface area contributed by atoms with Crippen LogP contribution in [0.25, 0.3) is 0 Å². The number of nitrogens with zero attached hydrogens (tertiary/aromatic N) is 4. The average Bonchev–Trinajstić information content (AvgIpc) is 3.07. The van der Waals surface area contributed by atoms with E-state index in [2.05, 4.69) is 20.3 Å². The van der Waals surface area contributed by atoms with Crippen molar-refractivity contribution in [1.82, 2.24) is 20.1 Å². The fourth-order valence-corrected chi connectivity index (χ4v) is 2.31. The Morgan fingerprint density at radius 1 is 1.32 bits per heavy atom. The molecule has 102 valence electrons. The Bertz CT molecular complexity index is 513. The van der Waals surface area contributed by atoms with Crippen LogP contribution in [0.1, 0.15) is 11.6 Å². The van der Waals surface area contributed by atoms with Crippen molar-refractivity contribution in [2.45, 2.75) is 12.8 Å². The fourth-order valence-electron chi connectivity index (χ4n) is 2.31. The molecule has 1 aliphatic rings. The SMILES string of the molecule is Cn1nc(N2CCNCC2)nc1CCc1ccco1. The molecule has 0 atom stereocenters. The molecule has 0 unspecified atom stereocenters. The highest BCUT2D eigenvalue weighted by Gasteiger charge is 2.16. The predicted octanol–water partition coefficient (Wildman–Crippen LogP) is 0.603. The molecule has 1 saturated heterocycles. The van der Waals surface area contributed by atoms with Crippen molar-refractivity contribution >= 4 is 5.95 Å². The van der Waals surface area contributed by atoms with Crippen LogP contribution in [0.4, 0.5) is 5.95 Å². The number of rotatable bonds is 4. The number of hydrogen-bond acceptors (Lipinski definition) is 5. The molecule has 0 saturated carbocycles. The molecule has 6 heteroatoms. The minimum Gasteiger partial charge on any atom is -0.469 e. The van der Waals surface area contributed by atoms with Crippen LogP contribution in [-0.2, 0) is 19.9 Å². The Kier molecular flexibility index (Phi) is 3.50. The highest BCUT2D eigenvalue weighted by atomic mass is 16.3. The molecule has 0 bridgehead atoms. The standard InChI is InChI=1S/C13H19N5O/c1-17-12(5-4-11-3-2-10-19-11)15-13(16-17)18-8-6-14-7-9-18/h2-3,10,14H,4-9H2,1H3. The average molecular weight is 261 g/mol. The molecule has 2 aromatic rings. The second kappa shape index (κ2) is 5.44. The van der Waals surface area contributed by atoms with E-state index in [1.54, 1.807) is 6.26 Å². The Morgan fingerprint density at radius 2 is 2.16 bits per heavy atom. The van der Waals surface area contributed by atoms with Gasteiger partial charge in [-0.1, -0.05) is 0 Å². The lowest BCUT2D eigenvalue weighted by Gasteiger charge is -2.25. The minimum absolute atomic E-state index is 0.846. The molecule has 3 rings (SSSR count). The molecule has 3 heterocycles. The molecule has 0 radical (unpaired) electrons. The van der Waals surface area contributed by atoms with Crippen molar-refractivity contribution in [3.63, 3.8) is 0 Å². The summed E-state index contributed by atoms with van der Waals surface area (Å²) in [5.74, 6) is 2.84. The van der Waals surface area contributed by atoms with Gasteiger partial charge in [0.15, 0.2) is 0 Å². The molecule has 6 nitrogen and oxygen atoms in total. The van der Waals surface area contributed by atoms with Gasteiger partial charge in [-0.05, 0) is 12.1 Å². The number of furan rings is 1. The van der Waals surface area contributed by atoms with E-state index in [1.165, 1.54) is 0 Å². The fraction of sp³-hybridized carbons (Fsp3) is 0.538. The minimum atomic E-state index is 0.846. The molecule has 1 N–H and O–H groups in total. The quantitative estimate of drug-likeness (QED) is 0.873. The van der Waals surface area contributed by atoms with Gasteiger partial charge in [0.1, 0.15) is 11.6 Å². The molecule has 2 aromatic heterocycles. The number of hydrogen-bond donors (Lipinski definition) is 1. The molecular weight excluding hydrogens is 242 g/mol. The van der Waals surface area contributed by atoms with Crippen molar-refractivity contribution in [3.05, 3.63) is 30.0 Å². The monoisotopic (exact) mass is 261 g/mol. The van der Waals surface area contributed by atoms with Gasteiger partial charge in [0.25, 0.3) is 0 Å². The van der Waals surface area contributed by atoms with Crippen molar-refractivity contribution in [3.8, 4) is 0 Å². The molecule has 0 amide bonds. The van der Waals surface area contributed by atoms with Crippen molar-refractivity contribution in [2.24, 2.45) is 7.05 Å². The number of aromatic nitrogens is 3. The van der Waals surface area contributed by atoms with Gasteiger partial charge in [0, 0.05) is 46.1 Å². The summed E-state index contributed by atoms with van der Waals surface area (Å²) in [6, 6.07) is 3.91. The van der Waals surface area contributed by atoms with Crippen LogP contribution in [-0.4, -0.2) is 40.9 Å². The molecular formula is C13H19N5O. The van der Waals surface area contributed by atoms with E-state index in [9.17, 15) is 0 Å². The summed E-state index contributed by atoms with van der Waals surface area (Å²) in [4.78, 5) is 6.87. The maximum Gasteiger partial charge on any atom is 0.245 e. The first-order valence-electron chi connectivity index (χ1n) is 6.71. The second-order valence-electron chi connectivity index (χ2n) is 4.77. The van der Waals surface area contributed by atoms with Crippen molar-refractivity contribution in [1.29, 1.82) is 0 Å². The largest absolute Gasteiger partial charge is 0.469 e. The summed E-state index contributed by atoms with van der Waals surface area (Å²) in [5, 5.41) is 7.84. The van der Waals surface area contributed by atoms with Gasteiger partial charge in [-0.25, -0.2) is 0 Å². The first kappa shape index (κ1) is 12.2. The zero-order valence-corrected chi connectivity index (χ0v) is 11.2. The summed E-state index contributed by atoms with van der Waals surface area (Å²) < 4.78 is 7.22. The van der Waals surface area contributed by atoms with Gasteiger partial charge in [0.2, 0.25) is 5.95 Å². The van der Waals surface area contributed by atoms with Gasteiger partial charge in [-0.2, -0.15) is 4.98 Å². The van der Waals surface area contributed by atoms with Crippen LogP contribution in [0.15, 0.2) is 22.8 Å². The summed E-state index contributed by atoms with van der Waals surface area (Å²) in [6.07, 6.45) is 3.42. The zero-order chi connectivity index (χ0) is 13.1. The van der Waals surface area contributed by atoms with Gasteiger partial charge in [0.05, 0.1) is 6.26 Å². The number of piperazine rings is 1. The van der Waals surface area contributed by atoms with Gasteiger partial charge >= 0.3 is 0 Å². The predicted molar refractivity (Wildman–Crippen MR) is 72.2 cm³/mol. The van der Waals surface area contributed by atoms with Gasteiger partial charge in [-0.15, -0.1) is 5.10 Å². The lowest BCUT2D eigenvalue weighted by atomic mass is 10.2. The Morgan fingerprint density at radius 3 is 2.89 bits per heavy atom. The first-order chi connectivity index (χ1) is 9.33. The van der Waals surface area contributed by atoms with Crippen LogP contribution in [0, 0.1) is 0 Å². The summed E-state index contributed by atoms with van der Waals surface area (Å²) in [7, 11) is 1.95. The van der Waals surface area contributed by atoms with E-state index in [1.807, 2.05) is 23.9 Å². The van der Waals surface area contributed by atoms with Crippen LogP contribution < -0.4 is 10.2 Å². The summed E-state index contributed by atoms with van der Waals surface area (Å²) in [5.41, 5.74) is 0. The third-order valence-electron chi connectivity index (χ3n) is 3.42. The van der Waals surface area contributed by atoms with E-state index in [0.717, 1.165) is 56.6 Å². The zero-order valence-electron chi connectivity index (χ0n) is 11.2. The molecule has 19 heavy (non-hydrogen) atoms. The molecule has 0 spiro atoms. The van der Waals surface area contributed by atoms with Gasteiger partial charge in [-0.3, -0.25) is 4.68 Å². The highest BCUT2D eigenvalue weighted by molar-refractivity contribution is 5.30. The normalized spacial score (nSPS) is 15.9. The summed E-state index contributed by atoms with van der Waals surface area (Å²) >= 11 is 0. The lowest BCUT2D eigenvalue weighted by Crippen LogP contribution is -2.44. The lowest BCUT2D eigenvalue weighted by molar-refractivity contribution is 0.503. The van der Waals surface area contributed by atoms with Crippen LogP contribution in [0.3, 0.4) is 0 Å². The smallest absolute Gasteiger partial charge is 0.245 e. The molecule has 0 aromatic carbocycles. The number of nitrogens with one attached hydrogen (secondary N) is 1. The number of aryl methyl sites for hydroxylation is 3. The number of anilines is 1. The van der Waals surface area contributed by atoms with Crippen molar-refractivity contribution in [2.75, 3.05) is 31.1 Å². The summed E-state index contributed by atoms with van der Waals surface area (Å²) in [6.45, 7) is 3.95. The molecule has 1 fully saturated rings. The Balaban J connectivity index is 1.66. The van der Waals surface area contributed by atoms with E-state index in [0.29, 0.717) is 0 Å². The Labute approximate surface area is 112 Å². The third-order valence-corrected chi connectivity index (χ3v) is 3.42. The van der Waals surface area contributed by atoms with E-state index >= 15 is 0 Å². The van der Waals surface area contributed by atoms with Crippen LogP contribution in [0.5, 0.6) is 0 Å². The Hall–Kier alpha value is -1.82. The molecule has 1 aliphatic heterocycles. The van der Waals surface area contributed by atoms with E-state index < -0.39 is 0 Å². The topological polar surface area (TPSA) is 59.1 Å².